The van der Waals surface area contributed by atoms with Crippen LogP contribution in [0.25, 0.3) is 11.6 Å². The summed E-state index contributed by atoms with van der Waals surface area (Å²) < 4.78 is 31.3. The molecule has 0 spiro atoms. The molecule has 2 aromatic heterocycles. The number of nitrogens with zero attached hydrogens (tertiary/aromatic N) is 4. The number of nitrogen functional groups attached to an aromatic ring is 1. The molecule has 0 saturated carbocycles. The number of nitrogens with two attached hydrogens (primary N) is 1. The molecule has 6 nitrogen and oxygen atoms in total. The first kappa shape index (κ1) is 13.1. The summed E-state index contributed by atoms with van der Waals surface area (Å²) in [6, 6.07) is 3.21. The van der Waals surface area contributed by atoms with Gasteiger partial charge in [-0.25, -0.2) is 18.7 Å². The average molecular weight is 289 g/mol. The van der Waals surface area contributed by atoms with Gasteiger partial charge in [0.1, 0.15) is 11.6 Å². The Hall–Kier alpha value is -2.90. The molecule has 0 atom stereocenters. The number of benzene rings is 1. The minimum absolute atomic E-state index is 0.104. The van der Waals surface area contributed by atoms with Gasteiger partial charge in [0.05, 0.1) is 0 Å². The fourth-order valence-electron chi connectivity index (χ4n) is 1.83. The molecule has 106 valence electrons. The van der Waals surface area contributed by atoms with Crippen molar-refractivity contribution < 1.29 is 13.3 Å². The van der Waals surface area contributed by atoms with Crippen LogP contribution in [0, 0.1) is 11.6 Å². The van der Waals surface area contributed by atoms with E-state index in [1.807, 2.05) is 0 Å². The molecule has 0 aliphatic heterocycles. The zero-order chi connectivity index (χ0) is 14.8. The minimum Gasteiger partial charge on any atom is -0.382 e. The van der Waals surface area contributed by atoms with Crippen molar-refractivity contribution in [2.24, 2.45) is 0 Å². The standard InChI is InChI=1S/C13H9F2N5O/c14-8-3-7(4-9(15)6-8)5-10-19-13(21-20-10)11-12(16)18-2-1-17-11/h1-4,6H,5H2,(H2,16,18). The number of hydrogen-bond donors (Lipinski definition) is 1. The van der Waals surface area contributed by atoms with Gasteiger partial charge in [-0.3, -0.25) is 0 Å². The van der Waals surface area contributed by atoms with Crippen LogP contribution in [0.15, 0.2) is 35.1 Å². The molecule has 0 aliphatic carbocycles. The predicted molar refractivity (Wildman–Crippen MR) is 68.9 cm³/mol. The van der Waals surface area contributed by atoms with Crippen molar-refractivity contribution in [3.63, 3.8) is 0 Å². The van der Waals surface area contributed by atoms with E-state index in [4.69, 9.17) is 10.3 Å². The molecule has 0 unspecified atom stereocenters. The van der Waals surface area contributed by atoms with Crippen molar-refractivity contribution in [3.05, 3.63) is 53.6 Å². The summed E-state index contributed by atoms with van der Waals surface area (Å²) in [6.45, 7) is 0. The summed E-state index contributed by atoms with van der Waals surface area (Å²) in [5, 5.41) is 3.73. The van der Waals surface area contributed by atoms with E-state index in [0.29, 0.717) is 5.56 Å². The van der Waals surface area contributed by atoms with E-state index >= 15 is 0 Å². The van der Waals surface area contributed by atoms with Crippen molar-refractivity contribution in [2.75, 3.05) is 5.73 Å². The number of hydrogen-bond acceptors (Lipinski definition) is 6. The quantitative estimate of drug-likeness (QED) is 0.792. The lowest BCUT2D eigenvalue weighted by atomic mass is 10.1. The second-order valence-corrected chi connectivity index (χ2v) is 4.26. The molecule has 0 fully saturated rings. The fourth-order valence-corrected chi connectivity index (χ4v) is 1.83. The summed E-state index contributed by atoms with van der Waals surface area (Å²) in [5.41, 5.74) is 6.31. The van der Waals surface area contributed by atoms with E-state index in [1.54, 1.807) is 0 Å². The lowest BCUT2D eigenvalue weighted by Gasteiger charge is -1.98. The molecule has 2 N–H and O–H groups in total. The lowest BCUT2D eigenvalue weighted by molar-refractivity contribution is 0.422. The third-order valence-corrected chi connectivity index (χ3v) is 2.68. The Labute approximate surface area is 117 Å². The molecule has 21 heavy (non-hydrogen) atoms. The third kappa shape index (κ3) is 2.83. The van der Waals surface area contributed by atoms with Crippen LogP contribution in [-0.4, -0.2) is 20.1 Å². The van der Waals surface area contributed by atoms with Gasteiger partial charge in [0.2, 0.25) is 0 Å². The molecular formula is C13H9F2N5O. The molecule has 3 aromatic rings. The Kier molecular flexibility index (Phi) is 3.27. The highest BCUT2D eigenvalue weighted by atomic mass is 19.1. The van der Waals surface area contributed by atoms with Crippen molar-refractivity contribution >= 4 is 5.82 Å². The number of anilines is 1. The highest BCUT2D eigenvalue weighted by Crippen LogP contribution is 2.20. The Bertz CT molecular complexity index is 769. The first-order chi connectivity index (χ1) is 10.1. The third-order valence-electron chi connectivity index (χ3n) is 2.68. The maximum Gasteiger partial charge on any atom is 0.280 e. The number of aromatic nitrogens is 4. The largest absolute Gasteiger partial charge is 0.382 e. The summed E-state index contributed by atoms with van der Waals surface area (Å²) in [5.74, 6) is -0.796. The van der Waals surface area contributed by atoms with Crippen LogP contribution < -0.4 is 5.73 Å². The van der Waals surface area contributed by atoms with E-state index in [9.17, 15) is 8.78 Å². The molecule has 1 aromatic carbocycles. The van der Waals surface area contributed by atoms with E-state index in [2.05, 4.69) is 20.1 Å². The van der Waals surface area contributed by atoms with Crippen LogP contribution in [0.3, 0.4) is 0 Å². The molecule has 3 rings (SSSR count). The second-order valence-electron chi connectivity index (χ2n) is 4.26. The highest BCUT2D eigenvalue weighted by molar-refractivity contribution is 5.61. The van der Waals surface area contributed by atoms with Crippen LogP contribution in [0.4, 0.5) is 14.6 Å². The van der Waals surface area contributed by atoms with E-state index in [-0.39, 0.29) is 29.6 Å². The highest BCUT2D eigenvalue weighted by Gasteiger charge is 2.14. The van der Waals surface area contributed by atoms with Crippen LogP contribution in [-0.2, 0) is 6.42 Å². The Balaban J connectivity index is 1.87. The van der Waals surface area contributed by atoms with Gasteiger partial charge >= 0.3 is 0 Å². The minimum atomic E-state index is -0.660. The van der Waals surface area contributed by atoms with Crippen molar-refractivity contribution in [2.45, 2.75) is 6.42 Å². The smallest absolute Gasteiger partial charge is 0.280 e. The van der Waals surface area contributed by atoms with Crippen LogP contribution in [0.1, 0.15) is 11.4 Å². The van der Waals surface area contributed by atoms with Gasteiger partial charge in [-0.2, -0.15) is 4.98 Å². The fraction of sp³-hybridized carbons (Fsp3) is 0.0769. The molecular weight excluding hydrogens is 280 g/mol. The van der Waals surface area contributed by atoms with Gasteiger partial charge in [0.25, 0.3) is 5.89 Å². The molecule has 0 amide bonds. The van der Waals surface area contributed by atoms with Crippen LogP contribution in [0.5, 0.6) is 0 Å². The predicted octanol–water partition coefficient (Wildman–Crippen LogP) is 1.98. The number of rotatable bonds is 3. The van der Waals surface area contributed by atoms with Gasteiger partial charge in [0, 0.05) is 24.9 Å². The van der Waals surface area contributed by atoms with Crippen molar-refractivity contribution in [1.82, 2.24) is 20.1 Å². The van der Waals surface area contributed by atoms with Gasteiger partial charge in [0.15, 0.2) is 17.3 Å². The first-order valence-electron chi connectivity index (χ1n) is 5.96. The summed E-state index contributed by atoms with van der Waals surface area (Å²) >= 11 is 0. The Morgan fingerprint density at radius 1 is 1.05 bits per heavy atom. The molecule has 0 bridgehead atoms. The van der Waals surface area contributed by atoms with E-state index in [1.165, 1.54) is 24.5 Å². The Morgan fingerprint density at radius 2 is 1.76 bits per heavy atom. The first-order valence-corrected chi connectivity index (χ1v) is 5.96. The normalized spacial score (nSPS) is 10.8. The maximum absolute atomic E-state index is 13.1. The SMILES string of the molecule is Nc1nccnc1-c1nc(Cc2cc(F)cc(F)c2)no1. The van der Waals surface area contributed by atoms with Gasteiger partial charge < -0.3 is 10.3 Å². The zero-order valence-corrected chi connectivity index (χ0v) is 10.6. The van der Waals surface area contributed by atoms with Gasteiger partial charge in [-0.05, 0) is 17.7 Å². The Morgan fingerprint density at radius 3 is 2.48 bits per heavy atom. The molecule has 2 heterocycles. The average Bonchev–Trinajstić information content (AvgIpc) is 2.86. The second kappa shape index (κ2) is 5.23. The topological polar surface area (TPSA) is 90.7 Å². The van der Waals surface area contributed by atoms with E-state index < -0.39 is 11.6 Å². The summed E-state index contributed by atoms with van der Waals surface area (Å²) in [4.78, 5) is 11.9. The van der Waals surface area contributed by atoms with E-state index in [0.717, 1.165) is 6.07 Å². The molecule has 0 radical (unpaired) electrons. The van der Waals surface area contributed by atoms with Gasteiger partial charge in [-0.15, -0.1) is 0 Å². The molecule has 0 aliphatic rings. The lowest BCUT2D eigenvalue weighted by Crippen LogP contribution is -1.97. The van der Waals surface area contributed by atoms with Gasteiger partial charge in [-0.1, -0.05) is 5.16 Å². The molecule has 0 saturated heterocycles. The molecule has 8 heteroatoms. The maximum atomic E-state index is 13.1. The zero-order valence-electron chi connectivity index (χ0n) is 10.6. The monoisotopic (exact) mass is 289 g/mol. The van der Waals surface area contributed by atoms with Crippen molar-refractivity contribution in [1.29, 1.82) is 0 Å². The van der Waals surface area contributed by atoms with Crippen molar-refractivity contribution in [3.8, 4) is 11.6 Å². The summed E-state index contributed by atoms with van der Waals surface area (Å²) in [7, 11) is 0. The van der Waals surface area contributed by atoms with Crippen LogP contribution >= 0.6 is 0 Å². The van der Waals surface area contributed by atoms with Crippen LogP contribution in [0.2, 0.25) is 0 Å². The number of halogens is 2. The summed E-state index contributed by atoms with van der Waals surface area (Å²) in [6.07, 6.45) is 3.00.